The van der Waals surface area contributed by atoms with Crippen molar-refractivity contribution in [2.45, 2.75) is 5.03 Å². The first-order valence-corrected chi connectivity index (χ1v) is 6.45. The van der Waals surface area contributed by atoms with Gasteiger partial charge in [-0.05, 0) is 36.4 Å². The lowest BCUT2D eigenvalue weighted by Gasteiger charge is -2.01. The van der Waals surface area contributed by atoms with Crippen molar-refractivity contribution in [1.29, 1.82) is 5.26 Å². The highest BCUT2D eigenvalue weighted by Gasteiger charge is 2.07. The molecule has 5 heteroatoms. The molecule has 19 heavy (non-hydrogen) atoms. The normalized spacial score (nSPS) is 9.89. The van der Waals surface area contributed by atoms with E-state index in [9.17, 15) is 9.18 Å². The fourth-order valence-electron chi connectivity index (χ4n) is 1.42. The summed E-state index contributed by atoms with van der Waals surface area (Å²) in [5, 5.41) is 9.37. The number of rotatable bonds is 4. The van der Waals surface area contributed by atoms with Gasteiger partial charge in [0, 0.05) is 11.8 Å². The van der Waals surface area contributed by atoms with Gasteiger partial charge in [-0.25, -0.2) is 9.37 Å². The lowest BCUT2D eigenvalue weighted by Crippen LogP contribution is -2.02. The van der Waals surface area contributed by atoms with Crippen LogP contribution >= 0.6 is 11.8 Å². The lowest BCUT2D eigenvalue weighted by molar-refractivity contribution is 0.102. The number of benzene rings is 1. The number of Topliss-reactive ketones (excluding diaryl/α,β-unsaturated/α-hetero) is 1. The molecule has 0 N–H and O–H groups in total. The molecule has 3 nitrogen and oxygen atoms in total. The highest BCUT2D eigenvalue weighted by atomic mass is 32.2. The summed E-state index contributed by atoms with van der Waals surface area (Å²) >= 11 is 1.25. The van der Waals surface area contributed by atoms with Crippen LogP contribution in [0.2, 0.25) is 0 Å². The highest BCUT2D eigenvalue weighted by molar-refractivity contribution is 7.99. The molecule has 2 rings (SSSR count). The molecule has 0 aliphatic heterocycles. The lowest BCUT2D eigenvalue weighted by atomic mass is 10.1. The number of nitriles is 1. The quantitative estimate of drug-likeness (QED) is 0.634. The van der Waals surface area contributed by atoms with Gasteiger partial charge in [0.1, 0.15) is 5.82 Å². The van der Waals surface area contributed by atoms with E-state index in [1.54, 1.807) is 12.1 Å². The molecule has 0 spiro atoms. The second-order valence-corrected chi connectivity index (χ2v) is 4.71. The van der Waals surface area contributed by atoms with Crippen molar-refractivity contribution in [3.05, 3.63) is 59.5 Å². The van der Waals surface area contributed by atoms with Crippen molar-refractivity contribution in [3.8, 4) is 6.07 Å². The summed E-state index contributed by atoms with van der Waals surface area (Å²) in [6, 6.07) is 10.7. The Morgan fingerprint density at radius 3 is 2.74 bits per heavy atom. The number of halogens is 1. The number of ketones is 1. The Labute approximate surface area is 114 Å². The Kier molecular flexibility index (Phi) is 4.26. The van der Waals surface area contributed by atoms with Gasteiger partial charge in [0.25, 0.3) is 0 Å². The fourth-order valence-corrected chi connectivity index (χ4v) is 2.21. The highest BCUT2D eigenvalue weighted by Crippen LogP contribution is 2.17. The van der Waals surface area contributed by atoms with E-state index >= 15 is 0 Å². The van der Waals surface area contributed by atoms with Crippen LogP contribution in [0, 0.1) is 17.1 Å². The molecule has 0 aliphatic carbocycles. The van der Waals surface area contributed by atoms with Crippen LogP contribution in [-0.4, -0.2) is 16.5 Å². The van der Waals surface area contributed by atoms with Gasteiger partial charge in [-0.2, -0.15) is 5.26 Å². The molecular formula is C14H9FN2OS. The third kappa shape index (κ3) is 3.63. The third-order valence-electron chi connectivity index (χ3n) is 2.38. The zero-order chi connectivity index (χ0) is 13.7. The molecule has 1 heterocycles. The number of aromatic nitrogens is 1. The molecule has 0 atom stereocenters. The molecule has 2 aromatic rings. The Morgan fingerprint density at radius 1 is 1.32 bits per heavy atom. The van der Waals surface area contributed by atoms with Crippen molar-refractivity contribution in [1.82, 2.24) is 4.98 Å². The van der Waals surface area contributed by atoms with Crippen molar-refractivity contribution in [3.63, 3.8) is 0 Å². The van der Waals surface area contributed by atoms with Gasteiger partial charge in [0.2, 0.25) is 0 Å². The fraction of sp³-hybridized carbons (Fsp3) is 0.0714. The van der Waals surface area contributed by atoms with E-state index in [0.29, 0.717) is 16.2 Å². The predicted molar refractivity (Wildman–Crippen MR) is 70.4 cm³/mol. The SMILES string of the molecule is N#Cc1ccnc(SCC(=O)c2ccc(F)cc2)c1. The molecule has 0 unspecified atom stereocenters. The van der Waals surface area contributed by atoms with Crippen molar-refractivity contribution in [2.75, 3.05) is 5.75 Å². The summed E-state index contributed by atoms with van der Waals surface area (Å²) in [7, 11) is 0. The first kappa shape index (κ1) is 13.2. The molecule has 0 saturated carbocycles. The minimum Gasteiger partial charge on any atom is -0.293 e. The number of hydrogen-bond donors (Lipinski definition) is 0. The van der Waals surface area contributed by atoms with E-state index in [4.69, 9.17) is 5.26 Å². The Balaban J connectivity index is 2.00. The Bertz CT molecular complexity index is 635. The molecule has 1 aromatic carbocycles. The van der Waals surface area contributed by atoms with Gasteiger partial charge in [-0.3, -0.25) is 4.79 Å². The van der Waals surface area contributed by atoms with Crippen LogP contribution in [0.3, 0.4) is 0 Å². The van der Waals surface area contributed by atoms with E-state index < -0.39 is 0 Å². The molecule has 0 amide bonds. The Hall–Kier alpha value is -2.19. The van der Waals surface area contributed by atoms with E-state index in [0.717, 1.165) is 0 Å². The van der Waals surface area contributed by atoms with Crippen LogP contribution in [0.4, 0.5) is 4.39 Å². The van der Waals surface area contributed by atoms with Crippen molar-refractivity contribution >= 4 is 17.5 Å². The number of nitrogens with zero attached hydrogens (tertiary/aromatic N) is 2. The number of hydrogen-bond acceptors (Lipinski definition) is 4. The third-order valence-corrected chi connectivity index (χ3v) is 3.31. The number of carbonyl (C=O) groups excluding carboxylic acids is 1. The van der Waals surface area contributed by atoms with Crippen LogP contribution in [0.1, 0.15) is 15.9 Å². The molecule has 0 radical (unpaired) electrons. The average molecular weight is 272 g/mol. The molecule has 0 fully saturated rings. The molecule has 0 saturated heterocycles. The van der Waals surface area contributed by atoms with Crippen LogP contribution in [0.25, 0.3) is 0 Å². The second kappa shape index (κ2) is 6.12. The maximum Gasteiger partial charge on any atom is 0.173 e. The monoisotopic (exact) mass is 272 g/mol. The zero-order valence-electron chi connectivity index (χ0n) is 9.84. The summed E-state index contributed by atoms with van der Waals surface area (Å²) in [5.41, 5.74) is 0.970. The predicted octanol–water partition coefficient (Wildman–Crippen LogP) is 3.07. The van der Waals surface area contributed by atoms with Gasteiger partial charge in [0.15, 0.2) is 5.78 Å². The van der Waals surface area contributed by atoms with Crippen LogP contribution in [-0.2, 0) is 0 Å². The minimum absolute atomic E-state index is 0.103. The maximum absolute atomic E-state index is 12.7. The summed E-state index contributed by atoms with van der Waals surface area (Å²) in [6.07, 6.45) is 1.53. The number of pyridine rings is 1. The molecular weight excluding hydrogens is 263 g/mol. The van der Waals surface area contributed by atoms with E-state index in [-0.39, 0.29) is 17.4 Å². The van der Waals surface area contributed by atoms with Gasteiger partial charge in [0.05, 0.1) is 22.4 Å². The number of carbonyl (C=O) groups is 1. The van der Waals surface area contributed by atoms with Crippen LogP contribution in [0.15, 0.2) is 47.6 Å². The summed E-state index contributed by atoms with van der Waals surface area (Å²) < 4.78 is 12.7. The van der Waals surface area contributed by atoms with Gasteiger partial charge in [-0.15, -0.1) is 0 Å². The average Bonchev–Trinajstić information content (AvgIpc) is 2.46. The zero-order valence-corrected chi connectivity index (χ0v) is 10.7. The molecule has 0 bridgehead atoms. The molecule has 1 aromatic heterocycles. The summed E-state index contributed by atoms with van der Waals surface area (Å²) in [6.45, 7) is 0. The standard InChI is InChI=1S/C14H9FN2OS/c15-12-3-1-11(2-4-12)13(18)9-19-14-7-10(8-16)5-6-17-14/h1-7H,9H2. The molecule has 0 aliphatic rings. The Morgan fingerprint density at radius 2 is 2.05 bits per heavy atom. The molecule has 94 valence electrons. The topological polar surface area (TPSA) is 53.8 Å². The van der Waals surface area contributed by atoms with Crippen molar-refractivity contribution < 1.29 is 9.18 Å². The van der Waals surface area contributed by atoms with Gasteiger partial charge >= 0.3 is 0 Å². The summed E-state index contributed by atoms with van der Waals surface area (Å²) in [5.74, 6) is -0.269. The van der Waals surface area contributed by atoms with Gasteiger partial charge < -0.3 is 0 Å². The van der Waals surface area contributed by atoms with E-state index in [1.165, 1.54) is 42.2 Å². The van der Waals surface area contributed by atoms with Crippen LogP contribution in [0.5, 0.6) is 0 Å². The second-order valence-electron chi connectivity index (χ2n) is 3.71. The first-order valence-electron chi connectivity index (χ1n) is 5.47. The maximum atomic E-state index is 12.7. The smallest absolute Gasteiger partial charge is 0.173 e. The van der Waals surface area contributed by atoms with Gasteiger partial charge in [-0.1, -0.05) is 11.8 Å². The van der Waals surface area contributed by atoms with Crippen LogP contribution < -0.4 is 0 Å². The van der Waals surface area contributed by atoms with E-state index in [2.05, 4.69) is 4.98 Å². The van der Waals surface area contributed by atoms with E-state index in [1.807, 2.05) is 6.07 Å². The first-order chi connectivity index (χ1) is 9.19. The number of thioether (sulfide) groups is 1. The minimum atomic E-state index is -0.368. The summed E-state index contributed by atoms with van der Waals surface area (Å²) in [4.78, 5) is 15.9. The van der Waals surface area contributed by atoms with Crippen molar-refractivity contribution in [2.24, 2.45) is 0 Å². The largest absolute Gasteiger partial charge is 0.293 e.